The van der Waals surface area contributed by atoms with E-state index in [0.29, 0.717) is 5.56 Å². The van der Waals surface area contributed by atoms with Crippen LogP contribution in [0.5, 0.6) is 0 Å². The largest absolute Gasteiger partial charge is 0.349 e. The molecule has 0 unspecified atom stereocenters. The van der Waals surface area contributed by atoms with Crippen LogP contribution in [0.4, 0.5) is 0 Å². The van der Waals surface area contributed by atoms with Crippen molar-refractivity contribution < 1.29 is 14.3 Å². The summed E-state index contributed by atoms with van der Waals surface area (Å²) in [5.74, 6) is -0.150. The molecule has 3 heteroatoms. The maximum absolute atomic E-state index is 11.8. The number of aryl methyl sites for hydroxylation is 1. The Morgan fingerprint density at radius 1 is 1.20 bits per heavy atom. The van der Waals surface area contributed by atoms with Crippen LogP contribution in [0.15, 0.2) is 24.3 Å². The topological polar surface area (TPSA) is 35.5 Å². The number of ether oxygens (including phenoxy) is 2. The van der Waals surface area contributed by atoms with Crippen LogP contribution in [-0.2, 0) is 15.9 Å². The molecule has 1 rings (SSSR count). The molecule has 0 saturated carbocycles. The molecule has 15 heavy (non-hydrogen) atoms. The van der Waals surface area contributed by atoms with Crippen molar-refractivity contribution in [1.29, 1.82) is 0 Å². The van der Waals surface area contributed by atoms with Crippen LogP contribution in [0.25, 0.3) is 0 Å². The Morgan fingerprint density at radius 3 is 2.13 bits per heavy atom. The molecule has 0 aliphatic carbocycles. The maximum atomic E-state index is 11.8. The van der Waals surface area contributed by atoms with Crippen molar-refractivity contribution in [2.24, 2.45) is 0 Å². The molecule has 0 aliphatic heterocycles. The summed E-state index contributed by atoms with van der Waals surface area (Å²) in [7, 11) is 2.90. The Morgan fingerprint density at radius 2 is 1.73 bits per heavy atom. The van der Waals surface area contributed by atoms with Gasteiger partial charge >= 0.3 is 0 Å². The number of rotatable bonds is 5. The van der Waals surface area contributed by atoms with E-state index in [0.717, 1.165) is 6.42 Å². The van der Waals surface area contributed by atoms with E-state index in [-0.39, 0.29) is 5.78 Å². The van der Waals surface area contributed by atoms with Gasteiger partial charge in [0.1, 0.15) is 0 Å². The lowest BCUT2D eigenvalue weighted by molar-refractivity contribution is -0.0742. The molecule has 82 valence electrons. The van der Waals surface area contributed by atoms with E-state index in [1.54, 1.807) is 12.1 Å². The Hall–Kier alpha value is -1.19. The smallest absolute Gasteiger partial charge is 0.222 e. The van der Waals surface area contributed by atoms with E-state index in [1.807, 2.05) is 12.1 Å². The molecule has 0 N–H and O–H groups in total. The molecule has 0 atom stereocenters. The van der Waals surface area contributed by atoms with Crippen LogP contribution in [-0.4, -0.2) is 26.3 Å². The number of hydrogen-bond acceptors (Lipinski definition) is 3. The third kappa shape index (κ3) is 2.88. The second-order valence-electron chi connectivity index (χ2n) is 3.22. The van der Waals surface area contributed by atoms with Crippen molar-refractivity contribution in [3.05, 3.63) is 35.4 Å². The van der Waals surface area contributed by atoms with Crippen molar-refractivity contribution in [1.82, 2.24) is 0 Å². The molecule has 0 aromatic heterocycles. The highest BCUT2D eigenvalue weighted by Crippen LogP contribution is 2.09. The molecule has 0 fully saturated rings. The van der Waals surface area contributed by atoms with Gasteiger partial charge in [-0.05, 0) is 12.0 Å². The van der Waals surface area contributed by atoms with Gasteiger partial charge < -0.3 is 9.47 Å². The van der Waals surface area contributed by atoms with Gasteiger partial charge in [-0.3, -0.25) is 4.79 Å². The lowest BCUT2D eigenvalue weighted by Crippen LogP contribution is -2.24. The second-order valence-corrected chi connectivity index (χ2v) is 3.22. The Bertz CT molecular complexity index is 312. The highest BCUT2D eigenvalue weighted by Gasteiger charge is 2.18. The Kier molecular flexibility index (Phi) is 4.46. The van der Waals surface area contributed by atoms with Gasteiger partial charge in [0, 0.05) is 19.8 Å². The average Bonchev–Trinajstić information content (AvgIpc) is 2.30. The number of benzene rings is 1. The fourth-order valence-corrected chi connectivity index (χ4v) is 1.35. The monoisotopic (exact) mass is 208 g/mol. The second kappa shape index (κ2) is 5.63. The van der Waals surface area contributed by atoms with Crippen LogP contribution < -0.4 is 0 Å². The molecular weight excluding hydrogens is 192 g/mol. The zero-order valence-corrected chi connectivity index (χ0v) is 9.32. The molecule has 0 bridgehead atoms. The summed E-state index contributed by atoms with van der Waals surface area (Å²) in [6, 6.07) is 7.48. The summed E-state index contributed by atoms with van der Waals surface area (Å²) in [4.78, 5) is 11.8. The van der Waals surface area contributed by atoms with E-state index in [9.17, 15) is 4.79 Å². The molecular formula is C12H16O3. The minimum absolute atomic E-state index is 0.150. The molecule has 0 radical (unpaired) electrons. The van der Waals surface area contributed by atoms with Gasteiger partial charge in [-0.15, -0.1) is 0 Å². The van der Waals surface area contributed by atoms with E-state index >= 15 is 0 Å². The van der Waals surface area contributed by atoms with Crippen molar-refractivity contribution >= 4 is 5.78 Å². The summed E-state index contributed by atoms with van der Waals surface area (Å²) in [6.07, 6.45) is 0.157. The first kappa shape index (κ1) is 11.9. The Balaban J connectivity index is 2.82. The van der Waals surface area contributed by atoms with Crippen LogP contribution in [0.1, 0.15) is 22.8 Å². The molecule has 0 saturated heterocycles. The quantitative estimate of drug-likeness (QED) is 0.548. The number of Topliss-reactive ketones (excluding diaryl/α,β-unsaturated/α-hetero) is 1. The molecule has 1 aromatic carbocycles. The van der Waals surface area contributed by atoms with Crippen molar-refractivity contribution in [2.45, 2.75) is 19.6 Å². The summed E-state index contributed by atoms with van der Waals surface area (Å²) in [5.41, 5.74) is 1.82. The van der Waals surface area contributed by atoms with Gasteiger partial charge in [-0.2, -0.15) is 0 Å². The minimum Gasteiger partial charge on any atom is -0.349 e. The first-order chi connectivity index (χ1) is 7.22. The predicted octanol–water partition coefficient (Wildman–Crippen LogP) is 2.05. The summed E-state index contributed by atoms with van der Waals surface area (Å²) in [6.45, 7) is 2.07. The van der Waals surface area contributed by atoms with Crippen LogP contribution in [0, 0.1) is 0 Å². The van der Waals surface area contributed by atoms with Gasteiger partial charge in [0.2, 0.25) is 12.1 Å². The SMILES string of the molecule is CCc1ccc(C(=O)C(OC)OC)cc1. The van der Waals surface area contributed by atoms with Crippen molar-refractivity contribution in [2.75, 3.05) is 14.2 Å². The van der Waals surface area contributed by atoms with Crippen LogP contribution in [0.2, 0.25) is 0 Å². The van der Waals surface area contributed by atoms with Gasteiger partial charge in [-0.25, -0.2) is 0 Å². The molecule has 3 nitrogen and oxygen atoms in total. The highest BCUT2D eigenvalue weighted by atomic mass is 16.7. The molecule has 0 heterocycles. The van der Waals surface area contributed by atoms with Crippen molar-refractivity contribution in [3.63, 3.8) is 0 Å². The van der Waals surface area contributed by atoms with Gasteiger partial charge in [-0.1, -0.05) is 31.2 Å². The number of ketones is 1. The minimum atomic E-state index is -0.808. The molecule has 0 spiro atoms. The average molecular weight is 208 g/mol. The van der Waals surface area contributed by atoms with Crippen LogP contribution in [0.3, 0.4) is 0 Å². The maximum Gasteiger partial charge on any atom is 0.222 e. The number of hydrogen-bond donors (Lipinski definition) is 0. The third-order valence-corrected chi connectivity index (χ3v) is 2.29. The number of methoxy groups -OCH3 is 2. The number of carbonyl (C=O) groups excluding carboxylic acids is 1. The number of carbonyl (C=O) groups is 1. The molecule has 1 aromatic rings. The lowest BCUT2D eigenvalue weighted by Gasteiger charge is -2.11. The molecule has 0 amide bonds. The Labute approximate surface area is 90.0 Å². The van der Waals surface area contributed by atoms with Gasteiger partial charge in [0.15, 0.2) is 0 Å². The first-order valence-electron chi connectivity index (χ1n) is 4.91. The first-order valence-corrected chi connectivity index (χ1v) is 4.91. The highest BCUT2D eigenvalue weighted by molar-refractivity contribution is 5.98. The fourth-order valence-electron chi connectivity index (χ4n) is 1.35. The van der Waals surface area contributed by atoms with Gasteiger partial charge in [0.25, 0.3) is 0 Å². The zero-order valence-electron chi connectivity index (χ0n) is 9.32. The lowest BCUT2D eigenvalue weighted by atomic mass is 10.1. The van der Waals surface area contributed by atoms with Crippen molar-refractivity contribution in [3.8, 4) is 0 Å². The van der Waals surface area contributed by atoms with Gasteiger partial charge in [0.05, 0.1) is 0 Å². The van der Waals surface area contributed by atoms with E-state index < -0.39 is 6.29 Å². The van der Waals surface area contributed by atoms with E-state index in [4.69, 9.17) is 9.47 Å². The fraction of sp³-hybridized carbons (Fsp3) is 0.417. The van der Waals surface area contributed by atoms with Crippen LogP contribution >= 0.6 is 0 Å². The summed E-state index contributed by atoms with van der Waals surface area (Å²) in [5, 5.41) is 0. The zero-order chi connectivity index (χ0) is 11.3. The third-order valence-electron chi connectivity index (χ3n) is 2.29. The summed E-state index contributed by atoms with van der Waals surface area (Å²) < 4.78 is 9.80. The summed E-state index contributed by atoms with van der Waals surface area (Å²) >= 11 is 0. The standard InChI is InChI=1S/C12H16O3/c1-4-9-5-7-10(8-6-9)11(13)12(14-2)15-3/h5-8,12H,4H2,1-3H3. The van der Waals surface area contributed by atoms with E-state index in [2.05, 4.69) is 6.92 Å². The predicted molar refractivity (Wildman–Crippen MR) is 58.0 cm³/mol. The van der Waals surface area contributed by atoms with E-state index in [1.165, 1.54) is 19.8 Å². The normalized spacial score (nSPS) is 10.7. The molecule has 0 aliphatic rings.